The van der Waals surface area contributed by atoms with Crippen LogP contribution in [0.2, 0.25) is 0 Å². The molecular weight excluding hydrogens is 344 g/mol. The van der Waals surface area contributed by atoms with Gasteiger partial charge in [0.2, 0.25) is 0 Å². The number of thioether (sulfide) groups is 1. The summed E-state index contributed by atoms with van der Waals surface area (Å²) in [7, 11) is 0. The topological polar surface area (TPSA) is 51.1 Å². The zero-order valence-corrected chi connectivity index (χ0v) is 15.2. The fourth-order valence-electron chi connectivity index (χ4n) is 3.15. The summed E-state index contributed by atoms with van der Waals surface area (Å²) in [5.41, 5.74) is 4.63. The number of hydrogen-bond acceptors (Lipinski definition) is 3. The van der Waals surface area contributed by atoms with Crippen molar-refractivity contribution >= 4 is 39.9 Å². The highest BCUT2D eigenvalue weighted by Crippen LogP contribution is 2.29. The standard InChI is InChI=1S/C21H18N2O2S/c1-2-14-6-8-15(9-7-14)13-23-11-10-17-16(4-3-5-18(17)23)12-19-20(24)22-21(25)26-19/h3-12H,2,13H2,1H3,(H,22,24,25). The molecule has 0 bridgehead atoms. The van der Waals surface area contributed by atoms with Gasteiger partial charge in [-0.1, -0.05) is 43.3 Å². The van der Waals surface area contributed by atoms with Crippen LogP contribution in [-0.4, -0.2) is 15.7 Å². The monoisotopic (exact) mass is 362 g/mol. The lowest BCUT2D eigenvalue weighted by Gasteiger charge is -2.07. The van der Waals surface area contributed by atoms with Gasteiger partial charge in [0, 0.05) is 23.6 Å². The lowest BCUT2D eigenvalue weighted by atomic mass is 10.1. The predicted octanol–water partition coefficient (Wildman–Crippen LogP) is 4.58. The molecule has 0 spiro atoms. The van der Waals surface area contributed by atoms with E-state index < -0.39 is 0 Å². The van der Waals surface area contributed by atoms with E-state index in [0.29, 0.717) is 4.91 Å². The summed E-state index contributed by atoms with van der Waals surface area (Å²) in [6.45, 7) is 2.95. The van der Waals surface area contributed by atoms with Crippen molar-refractivity contribution in [2.45, 2.75) is 19.9 Å². The SMILES string of the molecule is CCc1ccc(Cn2ccc3c(C=C4SC(=O)NC4=O)cccc32)cc1. The first-order valence-corrected chi connectivity index (χ1v) is 9.36. The zero-order valence-electron chi connectivity index (χ0n) is 14.4. The smallest absolute Gasteiger partial charge is 0.290 e. The number of rotatable bonds is 4. The second-order valence-corrected chi connectivity index (χ2v) is 7.26. The number of nitrogens with one attached hydrogen (secondary N) is 1. The Morgan fingerprint density at radius 1 is 1.04 bits per heavy atom. The van der Waals surface area contributed by atoms with Gasteiger partial charge in [0.1, 0.15) is 0 Å². The van der Waals surface area contributed by atoms with Gasteiger partial charge in [0.25, 0.3) is 11.1 Å². The van der Waals surface area contributed by atoms with E-state index in [1.165, 1.54) is 11.1 Å². The van der Waals surface area contributed by atoms with Crippen molar-refractivity contribution in [3.63, 3.8) is 0 Å². The summed E-state index contributed by atoms with van der Waals surface area (Å²) in [5, 5.41) is 3.04. The maximum absolute atomic E-state index is 11.8. The van der Waals surface area contributed by atoms with Gasteiger partial charge in [0.05, 0.1) is 4.91 Å². The summed E-state index contributed by atoms with van der Waals surface area (Å²) in [5.74, 6) is -0.326. The second kappa shape index (κ2) is 6.84. The van der Waals surface area contributed by atoms with Crippen LogP contribution in [-0.2, 0) is 17.8 Å². The lowest BCUT2D eigenvalue weighted by molar-refractivity contribution is -0.115. The van der Waals surface area contributed by atoms with Crippen LogP contribution in [0.4, 0.5) is 4.79 Å². The Hall–Kier alpha value is -2.79. The molecule has 1 aromatic heterocycles. The van der Waals surface area contributed by atoms with Crippen LogP contribution in [0.1, 0.15) is 23.6 Å². The summed E-state index contributed by atoms with van der Waals surface area (Å²) >= 11 is 0.945. The molecule has 5 heteroatoms. The minimum Gasteiger partial charge on any atom is -0.343 e. The van der Waals surface area contributed by atoms with E-state index in [-0.39, 0.29) is 11.1 Å². The first kappa shape index (κ1) is 16.7. The van der Waals surface area contributed by atoms with Crippen molar-refractivity contribution < 1.29 is 9.59 Å². The molecule has 4 nitrogen and oxygen atoms in total. The van der Waals surface area contributed by atoms with Crippen LogP contribution in [0, 0.1) is 0 Å². The van der Waals surface area contributed by atoms with Crippen LogP contribution in [0.25, 0.3) is 17.0 Å². The minimum absolute atomic E-state index is 0.318. The molecule has 0 atom stereocenters. The summed E-state index contributed by atoms with van der Waals surface area (Å²) < 4.78 is 2.20. The van der Waals surface area contributed by atoms with Gasteiger partial charge < -0.3 is 4.57 Å². The fourth-order valence-corrected chi connectivity index (χ4v) is 3.82. The molecule has 1 aliphatic heterocycles. The van der Waals surface area contributed by atoms with E-state index in [9.17, 15) is 9.59 Å². The first-order valence-electron chi connectivity index (χ1n) is 8.54. The van der Waals surface area contributed by atoms with Gasteiger partial charge >= 0.3 is 0 Å². The van der Waals surface area contributed by atoms with E-state index in [0.717, 1.165) is 41.2 Å². The Balaban J connectivity index is 1.67. The molecule has 1 saturated heterocycles. The Labute approximate surface area is 155 Å². The second-order valence-electron chi connectivity index (χ2n) is 6.25. The van der Waals surface area contributed by atoms with Crippen molar-refractivity contribution in [3.05, 3.63) is 76.3 Å². The molecule has 1 fully saturated rings. The highest BCUT2D eigenvalue weighted by molar-refractivity contribution is 8.18. The molecule has 0 radical (unpaired) electrons. The van der Waals surface area contributed by atoms with Gasteiger partial charge in [-0.25, -0.2) is 0 Å². The molecule has 26 heavy (non-hydrogen) atoms. The van der Waals surface area contributed by atoms with Crippen LogP contribution in [0.15, 0.2) is 59.6 Å². The van der Waals surface area contributed by atoms with Crippen LogP contribution in [0.3, 0.4) is 0 Å². The van der Waals surface area contributed by atoms with Gasteiger partial charge in [-0.05, 0) is 53.1 Å². The Morgan fingerprint density at radius 3 is 2.50 bits per heavy atom. The normalized spacial score (nSPS) is 15.8. The molecule has 2 amide bonds. The molecule has 4 rings (SSSR count). The number of amides is 2. The van der Waals surface area contributed by atoms with Crippen molar-refractivity contribution in [1.82, 2.24) is 9.88 Å². The maximum atomic E-state index is 11.8. The van der Waals surface area contributed by atoms with Crippen LogP contribution in [0.5, 0.6) is 0 Å². The third-order valence-corrected chi connectivity index (χ3v) is 5.37. The van der Waals surface area contributed by atoms with E-state index in [1.54, 1.807) is 6.08 Å². The van der Waals surface area contributed by atoms with Crippen molar-refractivity contribution in [2.24, 2.45) is 0 Å². The van der Waals surface area contributed by atoms with E-state index in [4.69, 9.17) is 0 Å². The summed E-state index contributed by atoms with van der Waals surface area (Å²) in [6, 6.07) is 16.8. The number of carbonyl (C=O) groups is 2. The van der Waals surface area contributed by atoms with Crippen molar-refractivity contribution in [2.75, 3.05) is 0 Å². The number of benzene rings is 2. The number of hydrogen-bond donors (Lipinski definition) is 1. The van der Waals surface area contributed by atoms with Crippen LogP contribution >= 0.6 is 11.8 Å². The van der Waals surface area contributed by atoms with E-state index >= 15 is 0 Å². The highest BCUT2D eigenvalue weighted by Gasteiger charge is 2.25. The minimum atomic E-state index is -0.326. The third kappa shape index (κ3) is 3.18. The highest BCUT2D eigenvalue weighted by atomic mass is 32.2. The Morgan fingerprint density at radius 2 is 1.81 bits per heavy atom. The van der Waals surface area contributed by atoms with Crippen molar-refractivity contribution in [3.8, 4) is 0 Å². The maximum Gasteiger partial charge on any atom is 0.290 e. The zero-order chi connectivity index (χ0) is 18.1. The third-order valence-electron chi connectivity index (χ3n) is 4.56. The quantitative estimate of drug-likeness (QED) is 0.692. The first-order chi connectivity index (χ1) is 12.6. The summed E-state index contributed by atoms with van der Waals surface area (Å²) in [6.07, 6.45) is 4.89. The number of fused-ring (bicyclic) bond motifs is 1. The van der Waals surface area contributed by atoms with Gasteiger partial charge in [-0.3, -0.25) is 14.9 Å². The number of aromatic nitrogens is 1. The Kier molecular flexibility index (Phi) is 4.39. The number of imide groups is 1. The molecule has 2 aromatic carbocycles. The van der Waals surface area contributed by atoms with Crippen LogP contribution < -0.4 is 5.32 Å². The summed E-state index contributed by atoms with van der Waals surface area (Å²) in [4.78, 5) is 23.6. The predicted molar refractivity (Wildman–Crippen MR) is 106 cm³/mol. The molecule has 2 heterocycles. The van der Waals surface area contributed by atoms with Gasteiger partial charge in [-0.15, -0.1) is 0 Å². The number of carbonyl (C=O) groups excluding carboxylic acids is 2. The lowest BCUT2D eigenvalue weighted by Crippen LogP contribution is -2.17. The number of aryl methyl sites for hydroxylation is 1. The molecule has 1 N–H and O–H groups in total. The average Bonchev–Trinajstić information content (AvgIpc) is 3.19. The molecule has 130 valence electrons. The molecule has 0 saturated carbocycles. The molecule has 0 aliphatic carbocycles. The Bertz CT molecular complexity index is 1030. The molecule has 0 unspecified atom stereocenters. The number of nitrogens with zero attached hydrogens (tertiary/aromatic N) is 1. The van der Waals surface area contributed by atoms with Gasteiger partial charge in [-0.2, -0.15) is 0 Å². The van der Waals surface area contributed by atoms with E-state index in [1.807, 2.05) is 12.1 Å². The average molecular weight is 362 g/mol. The van der Waals surface area contributed by atoms with Crippen molar-refractivity contribution in [1.29, 1.82) is 0 Å². The van der Waals surface area contributed by atoms with E-state index in [2.05, 4.69) is 59.4 Å². The molecular formula is C21H18N2O2S. The fraction of sp³-hybridized carbons (Fsp3) is 0.143. The van der Waals surface area contributed by atoms with Gasteiger partial charge in [0.15, 0.2) is 0 Å². The molecule has 1 aliphatic rings. The largest absolute Gasteiger partial charge is 0.343 e. The molecule has 3 aromatic rings.